The van der Waals surface area contributed by atoms with Gasteiger partial charge in [-0.05, 0) is 105 Å². The van der Waals surface area contributed by atoms with Crippen LogP contribution in [-0.4, -0.2) is 87.9 Å². The number of rotatable bonds is 8. The Kier molecular flexibility index (Phi) is 9.83. The third-order valence-electron chi connectivity index (χ3n) is 11.6. The highest BCUT2D eigenvalue weighted by atomic mass is 35.5. The Labute approximate surface area is 323 Å². The van der Waals surface area contributed by atoms with E-state index in [1.165, 1.54) is 0 Å². The van der Waals surface area contributed by atoms with Crippen molar-refractivity contribution in [2.24, 2.45) is 0 Å². The predicted octanol–water partition coefficient (Wildman–Crippen LogP) is 4.08. The molecule has 4 aliphatic heterocycles. The predicted molar refractivity (Wildman–Crippen MR) is 200 cm³/mol. The first-order valence-corrected chi connectivity index (χ1v) is 19.2. The number of nitrogens with zero attached hydrogens (tertiary/aromatic N) is 4. The number of β-amino-alcohol motifs (C(OH)–C–C–N with tert-alkyl or cyclic N) is 1. The number of fused-ring (bicyclic) bond motifs is 2. The molecule has 284 valence electrons. The first-order valence-electron chi connectivity index (χ1n) is 18.8. The van der Waals surface area contributed by atoms with E-state index in [0.29, 0.717) is 67.5 Å². The molecule has 55 heavy (non-hydrogen) atoms. The number of aliphatic hydroxyl groups is 1. The van der Waals surface area contributed by atoms with Crippen molar-refractivity contribution in [3.8, 4) is 11.8 Å². The second kappa shape index (κ2) is 14.7. The van der Waals surface area contributed by atoms with Gasteiger partial charge in [0.25, 0.3) is 17.7 Å². The van der Waals surface area contributed by atoms with Crippen molar-refractivity contribution in [3.63, 3.8) is 0 Å². The molecule has 1 saturated carbocycles. The normalized spacial score (nSPS) is 23.5. The number of imide groups is 2. The number of hydrogen-bond acceptors (Lipinski definition) is 10. The molecule has 0 bridgehead atoms. The van der Waals surface area contributed by atoms with Crippen LogP contribution in [0, 0.1) is 11.3 Å². The summed E-state index contributed by atoms with van der Waals surface area (Å²) in [5.74, 6) is -1.55. The van der Waals surface area contributed by atoms with Crippen molar-refractivity contribution < 1.29 is 33.8 Å². The number of anilines is 1. The van der Waals surface area contributed by atoms with Crippen molar-refractivity contribution >= 4 is 46.8 Å². The molecule has 1 atom stereocenters. The van der Waals surface area contributed by atoms with Crippen LogP contribution >= 0.6 is 11.6 Å². The molecular weight excluding hydrogens is 724 g/mol. The summed E-state index contributed by atoms with van der Waals surface area (Å²) in [6.07, 6.45) is 4.50. The first-order chi connectivity index (χ1) is 26.5. The SMILES string of the molecule is N#Cc1ccc(O[C@H]2CC[C@H](NC(=O)c3ccc(N4CCC(O)(CN5Cc6cc7c(cc6C5)C(=O)N(C5CCC(=O)NC5=O)C7=O)CC4)cc3)CC2)cc1Cl. The molecule has 1 aliphatic carbocycles. The average molecular weight is 765 g/mol. The minimum absolute atomic E-state index is 0.0201. The van der Waals surface area contributed by atoms with E-state index in [2.05, 4.69) is 20.4 Å². The maximum atomic E-state index is 13.3. The van der Waals surface area contributed by atoms with Gasteiger partial charge >= 0.3 is 0 Å². The van der Waals surface area contributed by atoms with Gasteiger partial charge in [-0.3, -0.25) is 39.1 Å². The van der Waals surface area contributed by atoms with Gasteiger partial charge in [0.1, 0.15) is 17.9 Å². The Bertz CT molecular complexity index is 2070. The number of carbonyl (C=O) groups is 5. The van der Waals surface area contributed by atoms with Gasteiger partial charge in [-0.2, -0.15) is 5.26 Å². The van der Waals surface area contributed by atoms with Crippen LogP contribution in [0.15, 0.2) is 54.6 Å². The standard InChI is InChI=1S/C41H41ClN6O7/c42-34-19-31(8-3-25(34)20-43)55-30-9-4-28(5-10-30)44-37(50)24-1-6-29(7-2-24)47-15-13-41(54,14-16-47)23-46-21-26-17-32-33(18-27(26)22-46)40(53)48(39(32)52)35-11-12-36(49)45-38(35)51/h1-3,6-8,17-19,28,30,35,54H,4-5,9-16,21-23H2,(H,44,50)(H,45,49,51)/t28-,30-,35?. The molecule has 5 amide bonds. The highest BCUT2D eigenvalue weighted by molar-refractivity contribution is 6.31. The van der Waals surface area contributed by atoms with Crippen LogP contribution in [0.1, 0.15) is 99.1 Å². The second-order valence-corrected chi connectivity index (χ2v) is 15.7. The third-order valence-corrected chi connectivity index (χ3v) is 11.9. The van der Waals surface area contributed by atoms with E-state index in [1.54, 1.807) is 30.3 Å². The van der Waals surface area contributed by atoms with Crippen LogP contribution in [-0.2, 0) is 22.7 Å². The van der Waals surface area contributed by atoms with E-state index in [-0.39, 0.29) is 42.0 Å². The van der Waals surface area contributed by atoms with Crippen LogP contribution in [0.2, 0.25) is 5.02 Å². The largest absolute Gasteiger partial charge is 0.490 e. The number of amides is 5. The number of carbonyl (C=O) groups excluding carboxylic acids is 5. The van der Waals surface area contributed by atoms with Gasteiger partial charge in [0.15, 0.2) is 0 Å². The van der Waals surface area contributed by atoms with Crippen LogP contribution in [0.5, 0.6) is 5.75 Å². The Hall–Kier alpha value is -5.29. The zero-order valence-electron chi connectivity index (χ0n) is 30.2. The van der Waals surface area contributed by atoms with E-state index >= 15 is 0 Å². The van der Waals surface area contributed by atoms with Crippen molar-refractivity contribution in [1.29, 1.82) is 5.26 Å². The lowest BCUT2D eigenvalue weighted by molar-refractivity contribution is -0.136. The van der Waals surface area contributed by atoms with Gasteiger partial charge in [-0.25, -0.2) is 0 Å². The molecule has 1 unspecified atom stereocenters. The van der Waals surface area contributed by atoms with Gasteiger partial charge < -0.3 is 20.1 Å². The van der Waals surface area contributed by atoms with E-state index in [1.807, 2.05) is 30.3 Å². The molecule has 0 aromatic heterocycles. The molecule has 3 aromatic rings. The fraction of sp³-hybridized carbons (Fsp3) is 0.415. The second-order valence-electron chi connectivity index (χ2n) is 15.3. The number of hydrogen-bond donors (Lipinski definition) is 3. The third kappa shape index (κ3) is 7.42. The molecule has 3 aromatic carbocycles. The van der Waals surface area contributed by atoms with E-state index in [0.717, 1.165) is 47.4 Å². The lowest BCUT2D eigenvalue weighted by atomic mass is 9.90. The summed E-state index contributed by atoms with van der Waals surface area (Å²) >= 11 is 6.14. The molecule has 14 heteroatoms. The van der Waals surface area contributed by atoms with Crippen molar-refractivity contribution in [1.82, 2.24) is 20.4 Å². The Balaban J connectivity index is 0.797. The zero-order valence-corrected chi connectivity index (χ0v) is 30.9. The molecule has 13 nitrogen and oxygen atoms in total. The lowest BCUT2D eigenvalue weighted by Crippen LogP contribution is -2.54. The van der Waals surface area contributed by atoms with Crippen molar-refractivity contribution in [3.05, 3.63) is 93.0 Å². The molecule has 0 spiro atoms. The summed E-state index contributed by atoms with van der Waals surface area (Å²) in [6, 6.07) is 17.2. The molecule has 3 N–H and O–H groups in total. The van der Waals surface area contributed by atoms with Gasteiger partial charge in [0.2, 0.25) is 11.8 Å². The monoisotopic (exact) mass is 764 g/mol. The van der Waals surface area contributed by atoms with Crippen LogP contribution in [0.3, 0.4) is 0 Å². The summed E-state index contributed by atoms with van der Waals surface area (Å²) in [6.45, 7) is 2.80. The minimum Gasteiger partial charge on any atom is -0.490 e. The van der Waals surface area contributed by atoms with Crippen LogP contribution in [0.4, 0.5) is 5.69 Å². The summed E-state index contributed by atoms with van der Waals surface area (Å²) < 4.78 is 6.08. The Morgan fingerprint density at radius 1 is 0.927 bits per heavy atom. The molecule has 4 heterocycles. The number of nitriles is 1. The zero-order chi connectivity index (χ0) is 38.4. The fourth-order valence-electron chi connectivity index (χ4n) is 8.58. The van der Waals surface area contributed by atoms with Crippen molar-refractivity contribution in [2.45, 2.75) is 88.2 Å². The number of halogens is 1. The maximum absolute atomic E-state index is 13.3. The summed E-state index contributed by atoms with van der Waals surface area (Å²) in [5, 5.41) is 26.5. The number of nitrogens with one attached hydrogen (secondary N) is 2. The molecule has 5 aliphatic rings. The molecule has 2 saturated heterocycles. The summed E-state index contributed by atoms with van der Waals surface area (Å²) in [5.41, 5.74) is 3.46. The number of ether oxygens (including phenoxy) is 1. The van der Waals surface area contributed by atoms with E-state index in [9.17, 15) is 29.1 Å². The molecule has 0 radical (unpaired) electrons. The van der Waals surface area contributed by atoms with E-state index in [4.69, 9.17) is 21.6 Å². The first kappa shape index (κ1) is 36.7. The minimum atomic E-state index is -0.999. The quantitative estimate of drug-likeness (QED) is 0.284. The summed E-state index contributed by atoms with van der Waals surface area (Å²) in [4.78, 5) is 69.0. The smallest absolute Gasteiger partial charge is 0.262 e. The topological polar surface area (TPSA) is 172 Å². The number of benzene rings is 3. The fourth-order valence-corrected chi connectivity index (χ4v) is 8.79. The van der Waals surface area contributed by atoms with Gasteiger partial charge in [-0.15, -0.1) is 0 Å². The van der Waals surface area contributed by atoms with Crippen LogP contribution < -0.4 is 20.3 Å². The average Bonchev–Trinajstić information content (AvgIpc) is 3.67. The Morgan fingerprint density at radius 2 is 1.58 bits per heavy atom. The lowest BCUT2D eigenvalue weighted by Gasteiger charge is -2.41. The Morgan fingerprint density at radius 3 is 2.18 bits per heavy atom. The highest BCUT2D eigenvalue weighted by Crippen LogP contribution is 2.36. The molecule has 3 fully saturated rings. The van der Waals surface area contributed by atoms with Gasteiger partial charge in [0, 0.05) is 62.5 Å². The number of piperidine rings is 2. The van der Waals surface area contributed by atoms with Crippen LogP contribution in [0.25, 0.3) is 0 Å². The van der Waals surface area contributed by atoms with E-state index < -0.39 is 35.3 Å². The summed E-state index contributed by atoms with van der Waals surface area (Å²) in [7, 11) is 0. The van der Waals surface area contributed by atoms with Gasteiger partial charge in [-0.1, -0.05) is 11.6 Å². The maximum Gasteiger partial charge on any atom is 0.262 e. The van der Waals surface area contributed by atoms with Crippen molar-refractivity contribution in [2.75, 3.05) is 24.5 Å². The van der Waals surface area contributed by atoms with Gasteiger partial charge in [0.05, 0.1) is 33.4 Å². The highest BCUT2D eigenvalue weighted by Gasteiger charge is 2.46. The molecular formula is C41H41ClN6O7. The molecule has 8 rings (SSSR count).